The van der Waals surface area contributed by atoms with Crippen LogP contribution in [0.4, 0.5) is 0 Å². The molecule has 2 aromatic rings. The maximum Gasteiger partial charge on any atom is 0.321 e. The van der Waals surface area contributed by atoms with E-state index >= 15 is 0 Å². The van der Waals surface area contributed by atoms with Gasteiger partial charge in [0.2, 0.25) is 0 Å². The second kappa shape index (κ2) is 7.17. The van der Waals surface area contributed by atoms with Crippen LogP contribution in [-0.4, -0.2) is 22.9 Å². The summed E-state index contributed by atoms with van der Waals surface area (Å²) in [7, 11) is 0. The van der Waals surface area contributed by atoms with Gasteiger partial charge in [-0.1, -0.05) is 27.5 Å². The quantitative estimate of drug-likeness (QED) is 0.763. The molecule has 0 spiro atoms. The van der Waals surface area contributed by atoms with Crippen LogP contribution in [-0.2, 0) is 11.4 Å². The molecule has 2 unspecified atom stereocenters. The second-order valence-corrected chi connectivity index (χ2v) is 7.40. The summed E-state index contributed by atoms with van der Waals surface area (Å²) >= 11 is 10.9. The van der Waals surface area contributed by atoms with Crippen molar-refractivity contribution in [1.29, 1.82) is 0 Å². The lowest BCUT2D eigenvalue weighted by Gasteiger charge is -2.08. The lowest BCUT2D eigenvalue weighted by molar-refractivity contribution is -0.138. The highest BCUT2D eigenvalue weighted by atomic mass is 79.9. The molecule has 0 saturated carbocycles. The molecule has 0 amide bonds. The highest BCUT2D eigenvalue weighted by molar-refractivity contribution is 9.10. The molecule has 3 rings (SSSR count). The van der Waals surface area contributed by atoms with E-state index in [1.54, 1.807) is 12.1 Å². The standard InChI is InChI=1S/C15H13BrClNO4S/c16-8-1-3-12(10(17)5-8)21-6-9-2-4-13(22-9)14-18-11(7-23-14)15(19)20/h1-5,11,14,18H,6-7H2,(H,19,20). The molecule has 1 saturated heterocycles. The zero-order valence-electron chi connectivity index (χ0n) is 11.8. The average molecular weight is 419 g/mol. The van der Waals surface area contributed by atoms with Crippen LogP contribution >= 0.6 is 39.3 Å². The number of ether oxygens (including phenoxy) is 1. The maximum absolute atomic E-state index is 11.0. The van der Waals surface area contributed by atoms with Crippen LogP contribution in [0.15, 0.2) is 39.2 Å². The van der Waals surface area contributed by atoms with E-state index < -0.39 is 12.0 Å². The Morgan fingerprint density at radius 1 is 1.48 bits per heavy atom. The number of nitrogens with one attached hydrogen (secondary N) is 1. The Kier molecular flexibility index (Phi) is 5.21. The molecule has 0 bridgehead atoms. The molecule has 2 N–H and O–H groups in total. The summed E-state index contributed by atoms with van der Waals surface area (Å²) in [6, 6.07) is 8.49. The number of hydrogen-bond donors (Lipinski definition) is 2. The summed E-state index contributed by atoms with van der Waals surface area (Å²) in [6.45, 7) is 0.251. The molecule has 1 aliphatic heterocycles. The number of furan rings is 1. The van der Waals surface area contributed by atoms with Gasteiger partial charge in [-0.2, -0.15) is 0 Å². The number of thioether (sulfide) groups is 1. The van der Waals surface area contributed by atoms with Crippen LogP contribution in [0.2, 0.25) is 5.02 Å². The van der Waals surface area contributed by atoms with Crippen LogP contribution in [0.3, 0.4) is 0 Å². The van der Waals surface area contributed by atoms with Crippen molar-refractivity contribution in [1.82, 2.24) is 5.32 Å². The van der Waals surface area contributed by atoms with Crippen molar-refractivity contribution >= 4 is 45.3 Å². The number of carbonyl (C=O) groups is 1. The summed E-state index contributed by atoms with van der Waals surface area (Å²) < 4.78 is 12.3. The number of carboxylic acids is 1. The van der Waals surface area contributed by atoms with Crippen molar-refractivity contribution < 1.29 is 19.1 Å². The lowest BCUT2D eigenvalue weighted by atomic mass is 10.3. The first-order valence-corrected chi connectivity index (χ1v) is 9.02. The van der Waals surface area contributed by atoms with Crippen molar-refractivity contribution in [2.75, 3.05) is 5.75 Å². The monoisotopic (exact) mass is 417 g/mol. The van der Waals surface area contributed by atoms with Gasteiger partial charge < -0.3 is 14.3 Å². The van der Waals surface area contributed by atoms with Gasteiger partial charge in [0.25, 0.3) is 0 Å². The summed E-state index contributed by atoms with van der Waals surface area (Å²) in [5, 5.41) is 12.4. The van der Waals surface area contributed by atoms with Crippen molar-refractivity contribution in [3.63, 3.8) is 0 Å². The van der Waals surface area contributed by atoms with E-state index in [4.69, 9.17) is 25.9 Å². The molecule has 5 nitrogen and oxygen atoms in total. The van der Waals surface area contributed by atoms with E-state index in [1.165, 1.54) is 11.8 Å². The van der Waals surface area contributed by atoms with Gasteiger partial charge >= 0.3 is 5.97 Å². The lowest BCUT2D eigenvalue weighted by Crippen LogP contribution is -2.33. The maximum atomic E-state index is 11.0. The van der Waals surface area contributed by atoms with Gasteiger partial charge in [-0.25, -0.2) is 0 Å². The Hall–Kier alpha value is -1.15. The predicted molar refractivity (Wildman–Crippen MR) is 92.0 cm³/mol. The highest BCUT2D eigenvalue weighted by Crippen LogP contribution is 2.34. The van der Waals surface area contributed by atoms with E-state index in [0.29, 0.717) is 28.0 Å². The fourth-order valence-electron chi connectivity index (χ4n) is 2.13. The molecule has 1 aromatic heterocycles. The van der Waals surface area contributed by atoms with Crippen molar-refractivity contribution in [2.24, 2.45) is 0 Å². The molecule has 23 heavy (non-hydrogen) atoms. The number of rotatable bonds is 5. The normalized spacial score (nSPS) is 20.6. The molecular formula is C15H13BrClNO4S. The molecular weight excluding hydrogens is 406 g/mol. The predicted octanol–water partition coefficient (Wildman–Crippen LogP) is 4.06. The Morgan fingerprint density at radius 2 is 2.30 bits per heavy atom. The van der Waals surface area contributed by atoms with E-state index in [-0.39, 0.29) is 12.0 Å². The Balaban J connectivity index is 1.60. The van der Waals surface area contributed by atoms with E-state index in [2.05, 4.69) is 21.2 Å². The minimum atomic E-state index is -0.847. The van der Waals surface area contributed by atoms with Crippen LogP contribution in [0, 0.1) is 0 Å². The van der Waals surface area contributed by atoms with E-state index in [1.807, 2.05) is 18.2 Å². The number of hydrogen-bond acceptors (Lipinski definition) is 5. The molecule has 1 fully saturated rings. The molecule has 2 atom stereocenters. The third-order valence-corrected chi connectivity index (χ3v) is 5.30. The van der Waals surface area contributed by atoms with Crippen LogP contribution in [0.5, 0.6) is 5.75 Å². The van der Waals surface area contributed by atoms with Gasteiger partial charge in [0.15, 0.2) is 0 Å². The fourth-order valence-corrected chi connectivity index (χ4v) is 4.04. The van der Waals surface area contributed by atoms with Gasteiger partial charge in [-0.15, -0.1) is 11.8 Å². The Bertz CT molecular complexity index is 723. The van der Waals surface area contributed by atoms with Gasteiger partial charge in [0.1, 0.15) is 35.3 Å². The fraction of sp³-hybridized carbons (Fsp3) is 0.267. The summed E-state index contributed by atoms with van der Waals surface area (Å²) in [5.41, 5.74) is 0. The summed E-state index contributed by atoms with van der Waals surface area (Å²) in [4.78, 5) is 11.0. The third-order valence-electron chi connectivity index (χ3n) is 3.28. The zero-order valence-corrected chi connectivity index (χ0v) is 15.0. The SMILES string of the molecule is O=C(O)C1CSC(c2ccc(COc3ccc(Br)cc3Cl)o2)N1. The third kappa shape index (κ3) is 4.03. The minimum Gasteiger partial charge on any atom is -0.484 e. The highest BCUT2D eigenvalue weighted by Gasteiger charge is 2.32. The van der Waals surface area contributed by atoms with Crippen LogP contribution < -0.4 is 10.1 Å². The zero-order chi connectivity index (χ0) is 16.4. The molecule has 0 radical (unpaired) electrons. The first-order valence-electron chi connectivity index (χ1n) is 6.80. The Morgan fingerprint density at radius 3 is 3.00 bits per heavy atom. The van der Waals surface area contributed by atoms with E-state index in [0.717, 1.165) is 4.47 Å². The van der Waals surface area contributed by atoms with Gasteiger partial charge in [0.05, 0.1) is 5.02 Å². The minimum absolute atomic E-state index is 0.152. The first-order chi connectivity index (χ1) is 11.0. The van der Waals surface area contributed by atoms with Gasteiger partial charge in [0, 0.05) is 10.2 Å². The number of carboxylic acid groups (broad SMARTS) is 1. The molecule has 1 aliphatic rings. The molecule has 8 heteroatoms. The average Bonchev–Trinajstić information content (AvgIpc) is 3.15. The van der Waals surface area contributed by atoms with Crippen LogP contribution in [0.25, 0.3) is 0 Å². The van der Waals surface area contributed by atoms with Crippen molar-refractivity contribution in [3.05, 3.63) is 51.3 Å². The smallest absolute Gasteiger partial charge is 0.321 e. The summed E-state index contributed by atoms with van der Waals surface area (Å²) in [5.74, 6) is 1.59. The Labute approximate surface area is 150 Å². The van der Waals surface area contributed by atoms with Crippen molar-refractivity contribution in [2.45, 2.75) is 18.0 Å². The van der Waals surface area contributed by atoms with Gasteiger partial charge in [-0.05, 0) is 30.3 Å². The number of benzene rings is 1. The van der Waals surface area contributed by atoms with Crippen LogP contribution in [0.1, 0.15) is 16.9 Å². The molecule has 122 valence electrons. The van der Waals surface area contributed by atoms with E-state index in [9.17, 15) is 4.79 Å². The largest absolute Gasteiger partial charge is 0.484 e. The second-order valence-electron chi connectivity index (χ2n) is 4.94. The first kappa shape index (κ1) is 16.7. The van der Waals surface area contributed by atoms with Crippen molar-refractivity contribution in [3.8, 4) is 5.75 Å². The van der Waals surface area contributed by atoms with Gasteiger partial charge in [-0.3, -0.25) is 10.1 Å². The number of halogens is 2. The topological polar surface area (TPSA) is 71.7 Å². The molecule has 2 heterocycles. The number of aliphatic carboxylic acids is 1. The molecule has 0 aliphatic carbocycles. The molecule has 1 aromatic carbocycles. The summed E-state index contributed by atoms with van der Waals surface area (Å²) in [6.07, 6.45) is 0.